The predicted molar refractivity (Wildman–Crippen MR) is 80.9 cm³/mol. The Kier molecular flexibility index (Phi) is 4.77. The number of aromatic carboxylic acids is 1. The molecule has 0 bridgehead atoms. The van der Waals surface area contributed by atoms with Crippen LogP contribution in [0.2, 0.25) is 5.02 Å². The summed E-state index contributed by atoms with van der Waals surface area (Å²) in [6, 6.07) is 4.27. The molecule has 0 spiro atoms. The van der Waals surface area contributed by atoms with Crippen molar-refractivity contribution >= 4 is 41.1 Å². The van der Waals surface area contributed by atoms with Gasteiger partial charge in [0.25, 0.3) is 0 Å². The van der Waals surface area contributed by atoms with E-state index in [0.717, 1.165) is 17.9 Å². The molecule has 1 heterocycles. The van der Waals surface area contributed by atoms with Gasteiger partial charge in [-0.15, -0.1) is 0 Å². The number of carbonyl (C=O) groups is 2. The van der Waals surface area contributed by atoms with Crippen LogP contribution in [0, 0.1) is 0 Å². The van der Waals surface area contributed by atoms with E-state index in [9.17, 15) is 9.59 Å². The highest BCUT2D eigenvalue weighted by molar-refractivity contribution is 7.99. The fourth-order valence-corrected chi connectivity index (χ4v) is 3.44. The number of rotatable bonds is 3. The predicted octanol–water partition coefficient (Wildman–Crippen LogP) is 3.01. The lowest BCUT2D eigenvalue weighted by Gasteiger charge is -2.24. The number of halogens is 1. The van der Waals surface area contributed by atoms with Crippen molar-refractivity contribution in [2.45, 2.75) is 12.5 Å². The number of thioether (sulfide) groups is 1. The molecule has 0 aromatic heterocycles. The number of nitrogens with one attached hydrogen (secondary N) is 1. The molecular formula is C13H15ClN2O3S. The molecule has 1 fully saturated rings. The largest absolute Gasteiger partial charge is 0.478 e. The Morgan fingerprint density at radius 2 is 2.25 bits per heavy atom. The van der Waals surface area contributed by atoms with Crippen molar-refractivity contribution in [1.82, 2.24) is 4.90 Å². The summed E-state index contributed by atoms with van der Waals surface area (Å²) in [5, 5.41) is 12.1. The second kappa shape index (κ2) is 6.37. The molecule has 1 unspecified atom stereocenters. The molecule has 1 aliphatic rings. The molecule has 1 atom stereocenters. The van der Waals surface area contributed by atoms with Gasteiger partial charge in [-0.3, -0.25) is 0 Å². The fraction of sp³-hybridized carbons (Fsp3) is 0.385. The van der Waals surface area contributed by atoms with Gasteiger partial charge >= 0.3 is 12.0 Å². The molecule has 2 rings (SSSR count). The molecule has 1 aliphatic heterocycles. The van der Waals surface area contributed by atoms with Gasteiger partial charge in [-0.05, 0) is 30.4 Å². The zero-order valence-corrected chi connectivity index (χ0v) is 12.5. The zero-order valence-electron chi connectivity index (χ0n) is 10.9. The molecule has 1 saturated heterocycles. The summed E-state index contributed by atoms with van der Waals surface area (Å²) in [5.74, 6) is 0.835. The molecule has 7 heteroatoms. The standard InChI is InChI=1S/C13H15ClN2O3S/c1-16(9-4-5-20-7-9)13(19)15-11-3-2-8(14)6-10(11)12(17)18/h2-3,6,9H,4-5,7H2,1H3,(H,15,19)(H,17,18). The SMILES string of the molecule is CN(C(=O)Nc1ccc(Cl)cc1C(=O)O)C1CCSC1. The monoisotopic (exact) mass is 314 g/mol. The number of hydrogen-bond donors (Lipinski definition) is 2. The summed E-state index contributed by atoms with van der Waals surface area (Å²) < 4.78 is 0. The number of amides is 2. The van der Waals surface area contributed by atoms with E-state index in [2.05, 4.69) is 5.32 Å². The molecule has 1 aromatic rings. The van der Waals surface area contributed by atoms with Gasteiger partial charge in [-0.2, -0.15) is 11.8 Å². The van der Waals surface area contributed by atoms with E-state index in [1.54, 1.807) is 18.0 Å². The second-order valence-electron chi connectivity index (χ2n) is 4.55. The van der Waals surface area contributed by atoms with Crippen LogP contribution < -0.4 is 5.32 Å². The molecule has 0 aliphatic carbocycles. The smallest absolute Gasteiger partial charge is 0.337 e. The number of anilines is 1. The van der Waals surface area contributed by atoms with E-state index in [-0.39, 0.29) is 23.3 Å². The van der Waals surface area contributed by atoms with Crippen LogP contribution in [0.3, 0.4) is 0 Å². The van der Waals surface area contributed by atoms with Crippen LogP contribution in [0.15, 0.2) is 18.2 Å². The number of nitrogens with zero attached hydrogens (tertiary/aromatic N) is 1. The lowest BCUT2D eigenvalue weighted by molar-refractivity contribution is 0.0698. The Hall–Kier alpha value is -1.40. The van der Waals surface area contributed by atoms with E-state index in [4.69, 9.17) is 16.7 Å². The van der Waals surface area contributed by atoms with Crippen LogP contribution in [0.25, 0.3) is 0 Å². The second-order valence-corrected chi connectivity index (χ2v) is 6.14. The molecular weight excluding hydrogens is 300 g/mol. The Labute approximate surface area is 126 Å². The molecule has 108 valence electrons. The first-order chi connectivity index (χ1) is 9.49. The lowest BCUT2D eigenvalue weighted by Crippen LogP contribution is -2.40. The molecule has 2 amide bonds. The fourth-order valence-electron chi connectivity index (χ4n) is 2.00. The van der Waals surface area contributed by atoms with Gasteiger partial charge in [-0.1, -0.05) is 11.6 Å². The zero-order chi connectivity index (χ0) is 14.7. The molecule has 20 heavy (non-hydrogen) atoms. The van der Waals surface area contributed by atoms with Crippen molar-refractivity contribution in [3.8, 4) is 0 Å². The topological polar surface area (TPSA) is 69.6 Å². The Morgan fingerprint density at radius 1 is 1.50 bits per heavy atom. The van der Waals surface area contributed by atoms with E-state index in [1.165, 1.54) is 12.1 Å². The maximum atomic E-state index is 12.1. The van der Waals surface area contributed by atoms with Crippen LogP contribution in [-0.2, 0) is 0 Å². The Morgan fingerprint density at radius 3 is 2.85 bits per heavy atom. The molecule has 2 N–H and O–H groups in total. The highest BCUT2D eigenvalue weighted by Gasteiger charge is 2.24. The van der Waals surface area contributed by atoms with Crippen LogP contribution in [-0.4, -0.2) is 46.6 Å². The highest BCUT2D eigenvalue weighted by Crippen LogP contribution is 2.24. The lowest BCUT2D eigenvalue weighted by atomic mass is 10.2. The first-order valence-corrected chi connectivity index (χ1v) is 7.66. The Bertz CT molecular complexity index is 532. The van der Waals surface area contributed by atoms with Gasteiger partial charge in [0.15, 0.2) is 0 Å². The first kappa shape index (κ1) is 15.0. The molecule has 1 aromatic carbocycles. The average Bonchev–Trinajstić information content (AvgIpc) is 2.93. The van der Waals surface area contributed by atoms with Crippen molar-refractivity contribution in [3.63, 3.8) is 0 Å². The number of urea groups is 1. The van der Waals surface area contributed by atoms with Crippen LogP contribution in [0.4, 0.5) is 10.5 Å². The Balaban J connectivity index is 2.12. The summed E-state index contributed by atoms with van der Waals surface area (Å²) in [5.41, 5.74) is 0.240. The van der Waals surface area contributed by atoms with Gasteiger partial charge in [0.1, 0.15) is 0 Å². The number of carboxylic acid groups (broad SMARTS) is 1. The van der Waals surface area contributed by atoms with E-state index >= 15 is 0 Å². The van der Waals surface area contributed by atoms with Crippen LogP contribution in [0.1, 0.15) is 16.8 Å². The third kappa shape index (κ3) is 3.37. The molecule has 0 saturated carbocycles. The number of benzene rings is 1. The number of carboxylic acids is 1. The van der Waals surface area contributed by atoms with E-state index in [0.29, 0.717) is 5.02 Å². The third-order valence-electron chi connectivity index (χ3n) is 3.23. The quantitative estimate of drug-likeness (QED) is 0.900. The summed E-state index contributed by atoms with van der Waals surface area (Å²) in [6.45, 7) is 0. The number of hydrogen-bond acceptors (Lipinski definition) is 3. The highest BCUT2D eigenvalue weighted by atomic mass is 35.5. The average molecular weight is 315 g/mol. The van der Waals surface area contributed by atoms with Gasteiger partial charge in [0, 0.05) is 23.9 Å². The van der Waals surface area contributed by atoms with Crippen molar-refractivity contribution in [1.29, 1.82) is 0 Å². The van der Waals surface area contributed by atoms with Crippen molar-refractivity contribution in [2.75, 3.05) is 23.9 Å². The summed E-state index contributed by atoms with van der Waals surface area (Å²) >= 11 is 7.59. The number of carbonyl (C=O) groups excluding carboxylic acids is 1. The van der Waals surface area contributed by atoms with E-state index in [1.807, 2.05) is 11.8 Å². The van der Waals surface area contributed by atoms with Gasteiger partial charge in [0.05, 0.1) is 11.3 Å². The minimum absolute atomic E-state index is 0.0138. The molecule has 5 nitrogen and oxygen atoms in total. The van der Waals surface area contributed by atoms with Gasteiger partial charge in [-0.25, -0.2) is 9.59 Å². The van der Waals surface area contributed by atoms with Crippen molar-refractivity contribution in [2.24, 2.45) is 0 Å². The maximum Gasteiger partial charge on any atom is 0.337 e. The summed E-state index contributed by atoms with van der Waals surface area (Å²) in [6.07, 6.45) is 0.959. The van der Waals surface area contributed by atoms with E-state index < -0.39 is 5.97 Å². The van der Waals surface area contributed by atoms with Gasteiger partial charge < -0.3 is 15.3 Å². The third-order valence-corrected chi connectivity index (χ3v) is 4.61. The van der Waals surface area contributed by atoms with Crippen LogP contribution in [0.5, 0.6) is 0 Å². The summed E-state index contributed by atoms with van der Waals surface area (Å²) in [4.78, 5) is 24.9. The van der Waals surface area contributed by atoms with Gasteiger partial charge in [0.2, 0.25) is 0 Å². The molecule has 0 radical (unpaired) electrons. The summed E-state index contributed by atoms with van der Waals surface area (Å²) in [7, 11) is 1.72. The van der Waals surface area contributed by atoms with Crippen molar-refractivity contribution in [3.05, 3.63) is 28.8 Å². The normalized spacial score (nSPS) is 17.8. The maximum absolute atomic E-state index is 12.1. The minimum atomic E-state index is -1.12. The first-order valence-electron chi connectivity index (χ1n) is 6.13. The minimum Gasteiger partial charge on any atom is -0.478 e. The van der Waals surface area contributed by atoms with Crippen molar-refractivity contribution < 1.29 is 14.7 Å². The van der Waals surface area contributed by atoms with Crippen LogP contribution >= 0.6 is 23.4 Å².